The molecule has 36 heavy (non-hydrogen) atoms. The Bertz CT molecular complexity index is 1270. The molecular formula is C28H26BrClN2O4. The second-order valence-corrected chi connectivity index (χ2v) is 10.6. The van der Waals surface area contributed by atoms with Crippen molar-refractivity contribution in [2.75, 3.05) is 19.0 Å². The van der Waals surface area contributed by atoms with Gasteiger partial charge >= 0.3 is 0 Å². The Labute approximate surface area is 223 Å². The molecule has 0 unspecified atom stereocenters. The summed E-state index contributed by atoms with van der Waals surface area (Å²) in [6.45, 7) is -0.170. The van der Waals surface area contributed by atoms with E-state index in [2.05, 4.69) is 26.1 Å². The van der Waals surface area contributed by atoms with Crippen molar-refractivity contribution in [1.29, 1.82) is 0 Å². The molecule has 8 heteroatoms. The summed E-state index contributed by atoms with van der Waals surface area (Å²) in [5.41, 5.74) is 5.09. The predicted molar refractivity (Wildman–Crippen MR) is 142 cm³/mol. The second kappa shape index (κ2) is 10.2. The van der Waals surface area contributed by atoms with Crippen LogP contribution in [0.2, 0.25) is 5.02 Å². The van der Waals surface area contributed by atoms with Gasteiger partial charge in [0.1, 0.15) is 5.75 Å². The highest BCUT2D eigenvalue weighted by Crippen LogP contribution is 2.49. The average molecular weight is 570 g/mol. The van der Waals surface area contributed by atoms with E-state index in [9.17, 15) is 14.4 Å². The van der Waals surface area contributed by atoms with E-state index in [0.29, 0.717) is 33.8 Å². The van der Waals surface area contributed by atoms with Crippen molar-refractivity contribution >= 4 is 50.7 Å². The molecular weight excluding hydrogens is 544 g/mol. The highest BCUT2D eigenvalue weighted by atomic mass is 79.9. The summed E-state index contributed by atoms with van der Waals surface area (Å²) in [5.74, 6) is 0.0761. The second-order valence-electron chi connectivity index (χ2n) is 9.30. The van der Waals surface area contributed by atoms with Gasteiger partial charge in [0, 0.05) is 59.1 Å². The largest absolute Gasteiger partial charge is 0.483 e. The molecule has 0 saturated carbocycles. The van der Waals surface area contributed by atoms with Gasteiger partial charge in [-0.1, -0.05) is 17.7 Å². The summed E-state index contributed by atoms with van der Waals surface area (Å²) >= 11 is 9.46. The van der Waals surface area contributed by atoms with E-state index in [1.54, 1.807) is 30.3 Å². The summed E-state index contributed by atoms with van der Waals surface area (Å²) in [6.07, 6.45) is 4.35. The van der Waals surface area contributed by atoms with Gasteiger partial charge in [-0.15, -0.1) is 0 Å². The standard InChI is InChI=1S/C28H26BrClN2O4/c1-32-20-4-2-6-22(33)27(20)26(28-21(32)5-3-7-23(28)34)16-8-13-24(19(29)14-16)36-15-25(35)31-18-11-9-17(30)10-12-18/h8-14,26H,2-7,15H2,1H3,(H,31,35). The highest BCUT2D eigenvalue weighted by molar-refractivity contribution is 9.10. The van der Waals surface area contributed by atoms with Crippen LogP contribution >= 0.6 is 27.5 Å². The summed E-state index contributed by atoms with van der Waals surface area (Å²) in [4.78, 5) is 40.7. The van der Waals surface area contributed by atoms with Crippen LogP contribution in [0.15, 0.2) is 69.5 Å². The summed E-state index contributed by atoms with van der Waals surface area (Å²) < 4.78 is 6.42. The van der Waals surface area contributed by atoms with Gasteiger partial charge in [-0.05, 0) is 83.6 Å². The van der Waals surface area contributed by atoms with E-state index in [1.807, 2.05) is 19.2 Å². The van der Waals surface area contributed by atoms with Crippen LogP contribution < -0.4 is 10.1 Å². The number of benzene rings is 2. The summed E-state index contributed by atoms with van der Waals surface area (Å²) in [7, 11) is 1.99. The van der Waals surface area contributed by atoms with Gasteiger partial charge in [-0.25, -0.2) is 0 Å². The van der Waals surface area contributed by atoms with Gasteiger partial charge in [-0.2, -0.15) is 0 Å². The lowest BCUT2D eigenvalue weighted by Crippen LogP contribution is -2.37. The molecule has 0 fully saturated rings. The molecule has 0 atom stereocenters. The SMILES string of the molecule is CN1C2=C(C(=O)CCC2)C(c2ccc(OCC(=O)Nc3ccc(Cl)cc3)c(Br)c2)C2=C1CCCC2=O. The zero-order valence-corrected chi connectivity index (χ0v) is 22.2. The number of Topliss-reactive ketones (excluding diaryl/α,β-unsaturated/α-hetero) is 2. The van der Waals surface area contributed by atoms with Crippen molar-refractivity contribution in [2.24, 2.45) is 0 Å². The Balaban J connectivity index is 1.40. The van der Waals surface area contributed by atoms with Gasteiger partial charge in [0.05, 0.1) is 4.47 Å². The van der Waals surface area contributed by atoms with E-state index >= 15 is 0 Å². The highest BCUT2D eigenvalue weighted by Gasteiger charge is 2.42. The minimum Gasteiger partial charge on any atom is -0.483 e. The van der Waals surface area contributed by atoms with E-state index < -0.39 is 0 Å². The molecule has 2 aliphatic carbocycles. The number of carbonyl (C=O) groups is 3. The number of allylic oxidation sites excluding steroid dienone is 4. The number of nitrogens with zero attached hydrogens (tertiary/aromatic N) is 1. The van der Waals surface area contributed by atoms with Gasteiger partial charge in [0.15, 0.2) is 18.2 Å². The van der Waals surface area contributed by atoms with Crippen molar-refractivity contribution < 1.29 is 19.1 Å². The monoisotopic (exact) mass is 568 g/mol. The first-order valence-electron chi connectivity index (χ1n) is 12.1. The molecule has 1 N–H and O–H groups in total. The summed E-state index contributed by atoms with van der Waals surface area (Å²) in [5, 5.41) is 3.36. The van der Waals surface area contributed by atoms with Crippen LogP contribution in [-0.4, -0.2) is 36.0 Å². The number of ether oxygens (including phenoxy) is 1. The lowest BCUT2D eigenvalue weighted by Gasteiger charge is -2.42. The van der Waals surface area contributed by atoms with Crippen molar-refractivity contribution in [3.05, 3.63) is 80.1 Å². The molecule has 5 rings (SSSR count). The Morgan fingerprint density at radius 2 is 1.61 bits per heavy atom. The smallest absolute Gasteiger partial charge is 0.262 e. The van der Waals surface area contributed by atoms with Crippen molar-refractivity contribution in [3.63, 3.8) is 0 Å². The van der Waals surface area contributed by atoms with Crippen LogP contribution in [0.1, 0.15) is 50.0 Å². The van der Waals surface area contributed by atoms with E-state index in [0.717, 1.165) is 53.8 Å². The number of hydrogen-bond donors (Lipinski definition) is 1. The first kappa shape index (κ1) is 24.8. The van der Waals surface area contributed by atoms with E-state index in [-0.39, 0.29) is 30.0 Å². The molecule has 2 aromatic rings. The molecule has 1 amide bonds. The third-order valence-corrected chi connectivity index (χ3v) is 7.89. The maximum Gasteiger partial charge on any atom is 0.262 e. The number of rotatable bonds is 5. The number of nitrogens with one attached hydrogen (secondary N) is 1. The van der Waals surface area contributed by atoms with Crippen LogP contribution in [0.4, 0.5) is 5.69 Å². The zero-order chi connectivity index (χ0) is 25.4. The molecule has 3 aliphatic rings. The van der Waals surface area contributed by atoms with Crippen LogP contribution in [-0.2, 0) is 14.4 Å². The van der Waals surface area contributed by atoms with Crippen molar-refractivity contribution in [3.8, 4) is 5.75 Å². The van der Waals surface area contributed by atoms with Crippen LogP contribution in [0.5, 0.6) is 5.75 Å². The van der Waals surface area contributed by atoms with Crippen molar-refractivity contribution in [1.82, 2.24) is 4.90 Å². The molecule has 0 radical (unpaired) electrons. The first-order valence-corrected chi connectivity index (χ1v) is 13.2. The fourth-order valence-electron chi connectivity index (χ4n) is 5.37. The van der Waals surface area contributed by atoms with Crippen LogP contribution in [0, 0.1) is 0 Å². The number of amides is 1. The third-order valence-electron chi connectivity index (χ3n) is 7.02. The fourth-order valence-corrected chi connectivity index (χ4v) is 6.01. The van der Waals surface area contributed by atoms with Gasteiger partial charge in [0.25, 0.3) is 5.91 Å². The Morgan fingerprint density at radius 3 is 2.19 bits per heavy atom. The molecule has 2 aromatic carbocycles. The van der Waals surface area contributed by atoms with Gasteiger partial charge < -0.3 is 15.0 Å². The molecule has 6 nitrogen and oxygen atoms in total. The Morgan fingerprint density at radius 1 is 1.00 bits per heavy atom. The molecule has 0 saturated heterocycles. The average Bonchev–Trinajstić information content (AvgIpc) is 2.86. The predicted octanol–water partition coefficient (Wildman–Crippen LogP) is 6.16. The van der Waals surface area contributed by atoms with Crippen LogP contribution in [0.25, 0.3) is 0 Å². The fraction of sp³-hybridized carbons (Fsp3) is 0.321. The number of halogens is 2. The minimum absolute atomic E-state index is 0.119. The maximum atomic E-state index is 13.1. The minimum atomic E-state index is -0.370. The van der Waals surface area contributed by atoms with E-state index in [4.69, 9.17) is 16.3 Å². The topological polar surface area (TPSA) is 75.7 Å². The van der Waals surface area contributed by atoms with Gasteiger partial charge in [-0.3, -0.25) is 14.4 Å². The van der Waals surface area contributed by atoms with Gasteiger partial charge in [0.2, 0.25) is 0 Å². The molecule has 1 aliphatic heterocycles. The van der Waals surface area contributed by atoms with E-state index in [1.165, 1.54) is 0 Å². The quantitative estimate of drug-likeness (QED) is 0.467. The van der Waals surface area contributed by atoms with Crippen LogP contribution in [0.3, 0.4) is 0 Å². The lowest BCUT2D eigenvalue weighted by atomic mass is 9.71. The number of ketones is 2. The number of hydrogen-bond acceptors (Lipinski definition) is 5. The van der Waals surface area contributed by atoms with Crippen molar-refractivity contribution in [2.45, 2.75) is 44.4 Å². The Hall–Kier alpha value is -2.90. The molecule has 0 spiro atoms. The summed E-state index contributed by atoms with van der Waals surface area (Å²) in [6, 6.07) is 12.4. The molecule has 1 heterocycles. The third kappa shape index (κ3) is 4.74. The number of anilines is 1. The maximum absolute atomic E-state index is 13.1. The molecule has 186 valence electrons. The molecule has 0 bridgehead atoms. The molecule has 0 aromatic heterocycles. The normalized spacial score (nSPS) is 18.2. The zero-order valence-electron chi connectivity index (χ0n) is 19.9. The lowest BCUT2D eigenvalue weighted by molar-refractivity contribution is -0.118. The first-order chi connectivity index (χ1) is 17.3. The Kier molecular flexibility index (Phi) is 7.04. The number of carbonyl (C=O) groups excluding carboxylic acids is 3.